The molecule has 2 unspecified atom stereocenters. The summed E-state index contributed by atoms with van der Waals surface area (Å²) < 4.78 is 0. The Kier molecular flexibility index (Phi) is 4.83. The summed E-state index contributed by atoms with van der Waals surface area (Å²) in [7, 11) is 0. The molecule has 0 saturated heterocycles. The van der Waals surface area contributed by atoms with E-state index in [-0.39, 0.29) is 17.4 Å². The number of benzene rings is 2. The minimum absolute atomic E-state index is 0.0558. The van der Waals surface area contributed by atoms with Crippen molar-refractivity contribution in [2.75, 3.05) is 5.32 Å². The number of rotatable bonds is 4. The third-order valence-electron chi connectivity index (χ3n) is 7.09. The minimum Gasteiger partial charge on any atom is -0.347 e. The van der Waals surface area contributed by atoms with Gasteiger partial charge in [0.2, 0.25) is 5.91 Å². The van der Waals surface area contributed by atoms with E-state index in [2.05, 4.69) is 10.6 Å². The van der Waals surface area contributed by atoms with E-state index in [1.165, 1.54) is 0 Å². The van der Waals surface area contributed by atoms with Crippen LogP contribution in [0.4, 0.5) is 5.69 Å². The molecule has 30 heavy (non-hydrogen) atoms. The highest BCUT2D eigenvalue weighted by Crippen LogP contribution is 2.62. The topological polar surface area (TPSA) is 58.2 Å². The normalized spacial score (nSPS) is 31.4. The summed E-state index contributed by atoms with van der Waals surface area (Å²) in [5.41, 5.74) is 0.527. The number of carbonyl (C=O) groups is 2. The van der Waals surface area contributed by atoms with E-state index in [1.807, 2.05) is 12.1 Å². The van der Waals surface area contributed by atoms with Crippen LogP contribution in [0.25, 0.3) is 0 Å². The van der Waals surface area contributed by atoms with Gasteiger partial charge in [0.25, 0.3) is 5.91 Å². The summed E-state index contributed by atoms with van der Waals surface area (Å²) in [5, 5.41) is 7.57. The number of carbonyl (C=O) groups excluding carboxylic acids is 2. The van der Waals surface area contributed by atoms with Gasteiger partial charge in [0, 0.05) is 26.8 Å². The van der Waals surface area contributed by atoms with Gasteiger partial charge in [0.15, 0.2) is 0 Å². The highest BCUT2D eigenvalue weighted by Gasteiger charge is 2.61. The first-order valence-corrected chi connectivity index (χ1v) is 11.3. The van der Waals surface area contributed by atoms with Crippen LogP contribution in [0.3, 0.4) is 0 Å². The van der Waals surface area contributed by atoms with Crippen molar-refractivity contribution in [3.63, 3.8) is 0 Å². The van der Waals surface area contributed by atoms with E-state index in [4.69, 9.17) is 23.2 Å². The van der Waals surface area contributed by atoms with Crippen LogP contribution in [0.2, 0.25) is 10.0 Å². The van der Waals surface area contributed by atoms with Crippen LogP contribution in [0.5, 0.6) is 0 Å². The summed E-state index contributed by atoms with van der Waals surface area (Å²) in [5.74, 6) is 0.886. The van der Waals surface area contributed by atoms with E-state index in [1.54, 1.807) is 36.4 Å². The van der Waals surface area contributed by atoms with E-state index < -0.39 is 5.41 Å². The molecule has 4 aliphatic rings. The number of amides is 2. The first kappa shape index (κ1) is 19.9. The Labute approximate surface area is 186 Å². The van der Waals surface area contributed by atoms with Crippen LogP contribution in [0, 0.1) is 17.3 Å². The Morgan fingerprint density at radius 2 is 1.57 bits per heavy atom. The lowest BCUT2D eigenvalue weighted by Crippen LogP contribution is -2.65. The lowest BCUT2D eigenvalue weighted by atomic mass is 9.46. The van der Waals surface area contributed by atoms with Crippen molar-refractivity contribution in [2.24, 2.45) is 17.3 Å². The monoisotopic (exact) mass is 442 g/mol. The summed E-state index contributed by atoms with van der Waals surface area (Å²) in [4.78, 5) is 26.4. The molecule has 4 saturated carbocycles. The fourth-order valence-corrected chi connectivity index (χ4v) is 6.83. The van der Waals surface area contributed by atoms with Crippen molar-refractivity contribution in [2.45, 2.75) is 44.1 Å². The second-order valence-electron chi connectivity index (χ2n) is 9.45. The Bertz CT molecular complexity index is 1010. The molecule has 0 aromatic heterocycles. The van der Waals surface area contributed by atoms with Crippen LogP contribution in [0.15, 0.2) is 48.5 Å². The van der Waals surface area contributed by atoms with E-state index in [9.17, 15) is 9.59 Å². The van der Waals surface area contributed by atoms with Crippen LogP contribution < -0.4 is 10.6 Å². The quantitative estimate of drug-likeness (QED) is 0.637. The van der Waals surface area contributed by atoms with Crippen molar-refractivity contribution in [1.29, 1.82) is 0 Å². The molecule has 0 heterocycles. The Morgan fingerprint density at radius 1 is 0.900 bits per heavy atom. The zero-order chi connectivity index (χ0) is 20.9. The van der Waals surface area contributed by atoms with Crippen LogP contribution in [-0.2, 0) is 4.79 Å². The number of nitrogens with one attached hydrogen (secondary N) is 2. The van der Waals surface area contributed by atoms with Gasteiger partial charge in [-0.15, -0.1) is 0 Å². The minimum atomic E-state index is -0.436. The van der Waals surface area contributed by atoms with Gasteiger partial charge in [-0.1, -0.05) is 35.3 Å². The van der Waals surface area contributed by atoms with Crippen LogP contribution >= 0.6 is 23.2 Å². The molecule has 4 aliphatic carbocycles. The number of hydrogen-bond acceptors (Lipinski definition) is 2. The number of anilines is 1. The first-order chi connectivity index (χ1) is 14.3. The van der Waals surface area contributed by atoms with Gasteiger partial charge in [-0.3, -0.25) is 9.59 Å². The largest absolute Gasteiger partial charge is 0.347 e. The molecule has 2 atom stereocenters. The third-order valence-corrected chi connectivity index (χ3v) is 7.56. The summed E-state index contributed by atoms with van der Waals surface area (Å²) in [6.07, 6.45) is 5.52. The molecule has 156 valence electrons. The zero-order valence-corrected chi connectivity index (χ0v) is 18.1. The lowest BCUT2D eigenvalue weighted by Gasteiger charge is -2.61. The predicted octanol–water partition coefficient (Wildman–Crippen LogP) is 5.70. The molecule has 2 aromatic rings. The average Bonchev–Trinajstić information content (AvgIpc) is 2.66. The molecule has 2 aromatic carbocycles. The summed E-state index contributed by atoms with van der Waals surface area (Å²) in [6.45, 7) is 0. The zero-order valence-electron chi connectivity index (χ0n) is 16.6. The van der Waals surface area contributed by atoms with E-state index in [0.717, 1.165) is 37.8 Å². The van der Waals surface area contributed by atoms with Crippen molar-refractivity contribution in [3.8, 4) is 0 Å². The molecular formula is C24H24Cl2N2O2. The van der Waals surface area contributed by atoms with Gasteiger partial charge >= 0.3 is 0 Å². The molecule has 2 amide bonds. The summed E-state index contributed by atoms with van der Waals surface area (Å²) in [6, 6.07) is 14.3. The molecule has 0 spiro atoms. The van der Waals surface area contributed by atoms with Gasteiger partial charge < -0.3 is 10.6 Å². The van der Waals surface area contributed by atoms with Crippen molar-refractivity contribution >= 4 is 40.7 Å². The van der Waals surface area contributed by atoms with E-state index >= 15 is 0 Å². The predicted molar refractivity (Wildman–Crippen MR) is 119 cm³/mol. The second kappa shape index (κ2) is 7.28. The molecule has 0 radical (unpaired) electrons. The first-order valence-electron chi connectivity index (χ1n) is 10.5. The van der Waals surface area contributed by atoms with Crippen LogP contribution in [0.1, 0.15) is 48.9 Å². The van der Waals surface area contributed by atoms with Gasteiger partial charge in [0.05, 0.1) is 5.41 Å². The number of hydrogen-bond donors (Lipinski definition) is 2. The fraction of sp³-hybridized carbons (Fsp3) is 0.417. The maximum atomic E-state index is 13.4. The third kappa shape index (κ3) is 3.61. The standard InChI is InChI=1S/C24H24Cl2N2O2/c25-18-4-1-3-17(8-18)21(29)28-24-12-15-7-16(13-24)11-23(10-15,14-24)22(30)27-20-6-2-5-19(26)9-20/h1-6,8-9,15-16H,7,10-14H2,(H,27,30)(H,28,29). The van der Waals surface area contributed by atoms with Crippen molar-refractivity contribution in [1.82, 2.24) is 5.32 Å². The highest BCUT2D eigenvalue weighted by atomic mass is 35.5. The Balaban J connectivity index is 1.39. The molecular weight excluding hydrogens is 419 g/mol. The molecule has 4 nitrogen and oxygen atoms in total. The molecule has 0 aliphatic heterocycles. The molecule has 2 N–H and O–H groups in total. The SMILES string of the molecule is O=C(NC12CC3CC(C1)CC(C(=O)Nc1cccc(Cl)c1)(C3)C2)c1cccc(Cl)c1. The molecule has 4 bridgehead atoms. The smallest absolute Gasteiger partial charge is 0.251 e. The number of halogens is 2. The maximum Gasteiger partial charge on any atom is 0.251 e. The fourth-order valence-electron chi connectivity index (χ4n) is 6.45. The van der Waals surface area contributed by atoms with Crippen LogP contribution in [-0.4, -0.2) is 17.4 Å². The molecule has 6 heteroatoms. The maximum absolute atomic E-state index is 13.4. The van der Waals surface area contributed by atoms with E-state index in [0.29, 0.717) is 33.9 Å². The average molecular weight is 443 g/mol. The highest BCUT2D eigenvalue weighted by molar-refractivity contribution is 6.31. The second-order valence-corrected chi connectivity index (χ2v) is 10.3. The van der Waals surface area contributed by atoms with Gasteiger partial charge in [-0.25, -0.2) is 0 Å². The van der Waals surface area contributed by atoms with Gasteiger partial charge in [0.1, 0.15) is 0 Å². The Hall–Kier alpha value is -2.04. The Morgan fingerprint density at radius 3 is 2.23 bits per heavy atom. The lowest BCUT2D eigenvalue weighted by molar-refractivity contribution is -0.144. The molecule has 4 fully saturated rings. The van der Waals surface area contributed by atoms with Gasteiger partial charge in [-0.05, 0) is 86.8 Å². The van der Waals surface area contributed by atoms with Gasteiger partial charge in [-0.2, -0.15) is 0 Å². The molecule has 6 rings (SSSR count). The van der Waals surface area contributed by atoms with Crippen molar-refractivity contribution < 1.29 is 9.59 Å². The van der Waals surface area contributed by atoms with Crippen molar-refractivity contribution in [3.05, 3.63) is 64.1 Å². The summed E-state index contributed by atoms with van der Waals surface area (Å²) >= 11 is 12.2.